The molecular weight excluding hydrogens is 240 g/mol. The van der Waals surface area contributed by atoms with Gasteiger partial charge in [0, 0.05) is 37.2 Å². The Morgan fingerprint density at radius 3 is 2.89 bits per heavy atom. The number of aliphatic hydroxyl groups is 1. The number of carbonyl (C=O) groups is 1. The standard InChI is InChI=1S/C15H18N2O2/c1-3-8-17(9-10-18)15(19)13-11-16(2)14-7-5-4-6-12(13)14/h3-7,11,18H,1,8-10H2,2H3. The van der Waals surface area contributed by atoms with Gasteiger partial charge in [-0.2, -0.15) is 0 Å². The molecule has 100 valence electrons. The molecule has 0 saturated heterocycles. The van der Waals surface area contributed by atoms with E-state index in [4.69, 9.17) is 5.11 Å². The van der Waals surface area contributed by atoms with Gasteiger partial charge in [0.2, 0.25) is 0 Å². The summed E-state index contributed by atoms with van der Waals surface area (Å²) in [4.78, 5) is 14.1. The zero-order chi connectivity index (χ0) is 13.8. The summed E-state index contributed by atoms with van der Waals surface area (Å²) < 4.78 is 1.94. The Hall–Kier alpha value is -2.07. The number of carbonyl (C=O) groups excluding carboxylic acids is 1. The lowest BCUT2D eigenvalue weighted by Crippen LogP contribution is -2.33. The molecule has 19 heavy (non-hydrogen) atoms. The highest BCUT2D eigenvalue weighted by Crippen LogP contribution is 2.21. The van der Waals surface area contributed by atoms with E-state index >= 15 is 0 Å². The summed E-state index contributed by atoms with van der Waals surface area (Å²) in [5.41, 5.74) is 1.68. The predicted molar refractivity (Wildman–Crippen MR) is 76.1 cm³/mol. The molecule has 2 rings (SSSR count). The fourth-order valence-corrected chi connectivity index (χ4v) is 2.23. The highest BCUT2D eigenvalue weighted by Gasteiger charge is 2.18. The normalized spacial score (nSPS) is 10.6. The van der Waals surface area contributed by atoms with E-state index in [-0.39, 0.29) is 12.5 Å². The molecule has 0 atom stereocenters. The summed E-state index contributed by atoms with van der Waals surface area (Å²) in [6.07, 6.45) is 3.50. The first-order chi connectivity index (χ1) is 9.19. The third kappa shape index (κ3) is 2.53. The minimum Gasteiger partial charge on any atom is -0.395 e. The fourth-order valence-electron chi connectivity index (χ4n) is 2.23. The molecular formula is C15H18N2O2. The topological polar surface area (TPSA) is 45.5 Å². The van der Waals surface area contributed by atoms with E-state index in [2.05, 4.69) is 6.58 Å². The third-order valence-electron chi connectivity index (χ3n) is 3.13. The van der Waals surface area contributed by atoms with Crippen LogP contribution in [-0.2, 0) is 7.05 Å². The lowest BCUT2D eigenvalue weighted by Gasteiger charge is -2.19. The Balaban J connectivity index is 2.42. The number of amides is 1. The van der Waals surface area contributed by atoms with Crippen molar-refractivity contribution in [2.75, 3.05) is 19.7 Å². The molecule has 1 amide bonds. The number of aromatic nitrogens is 1. The van der Waals surface area contributed by atoms with Gasteiger partial charge in [-0.3, -0.25) is 4.79 Å². The minimum absolute atomic E-state index is 0.0512. The molecule has 1 aromatic carbocycles. The van der Waals surface area contributed by atoms with Gasteiger partial charge >= 0.3 is 0 Å². The van der Waals surface area contributed by atoms with Crippen LogP contribution in [0.1, 0.15) is 10.4 Å². The first-order valence-corrected chi connectivity index (χ1v) is 6.24. The average Bonchev–Trinajstić information content (AvgIpc) is 2.76. The van der Waals surface area contributed by atoms with Gasteiger partial charge in [-0.25, -0.2) is 0 Å². The number of para-hydroxylation sites is 1. The van der Waals surface area contributed by atoms with Crippen LogP contribution in [0.4, 0.5) is 0 Å². The number of nitrogens with zero attached hydrogens (tertiary/aromatic N) is 2. The van der Waals surface area contributed by atoms with Gasteiger partial charge in [0.25, 0.3) is 5.91 Å². The van der Waals surface area contributed by atoms with Gasteiger partial charge in [0.05, 0.1) is 12.2 Å². The summed E-state index contributed by atoms with van der Waals surface area (Å²) in [5.74, 6) is -0.0780. The van der Waals surface area contributed by atoms with E-state index in [1.54, 1.807) is 11.0 Å². The summed E-state index contributed by atoms with van der Waals surface area (Å²) >= 11 is 0. The molecule has 1 N–H and O–H groups in total. The maximum atomic E-state index is 12.5. The number of aliphatic hydroxyl groups excluding tert-OH is 1. The molecule has 0 spiro atoms. The van der Waals surface area contributed by atoms with Crippen molar-refractivity contribution in [2.45, 2.75) is 0 Å². The van der Waals surface area contributed by atoms with Crippen LogP contribution < -0.4 is 0 Å². The molecule has 4 heteroatoms. The van der Waals surface area contributed by atoms with E-state index in [1.165, 1.54) is 0 Å². The molecule has 4 nitrogen and oxygen atoms in total. The summed E-state index contributed by atoms with van der Waals surface area (Å²) in [7, 11) is 1.92. The number of rotatable bonds is 5. The second-order valence-corrected chi connectivity index (χ2v) is 4.43. The zero-order valence-corrected chi connectivity index (χ0v) is 11.0. The van der Waals surface area contributed by atoms with E-state index < -0.39 is 0 Å². The van der Waals surface area contributed by atoms with Crippen LogP contribution in [0.25, 0.3) is 10.9 Å². The molecule has 0 unspecified atom stereocenters. The van der Waals surface area contributed by atoms with E-state index in [0.29, 0.717) is 18.7 Å². The average molecular weight is 258 g/mol. The van der Waals surface area contributed by atoms with Crippen molar-refractivity contribution in [1.29, 1.82) is 0 Å². The van der Waals surface area contributed by atoms with Crippen molar-refractivity contribution in [3.05, 3.63) is 48.7 Å². The largest absolute Gasteiger partial charge is 0.395 e. The van der Waals surface area contributed by atoms with Crippen molar-refractivity contribution in [1.82, 2.24) is 9.47 Å². The predicted octanol–water partition coefficient (Wildman–Crippen LogP) is 1.80. The van der Waals surface area contributed by atoms with Crippen LogP contribution in [0.3, 0.4) is 0 Å². The number of benzene rings is 1. The zero-order valence-electron chi connectivity index (χ0n) is 11.0. The molecule has 1 aromatic heterocycles. The van der Waals surface area contributed by atoms with Crippen molar-refractivity contribution in [3.63, 3.8) is 0 Å². The first kappa shape index (κ1) is 13.4. The van der Waals surface area contributed by atoms with Crippen LogP contribution in [0, 0.1) is 0 Å². The minimum atomic E-state index is -0.0780. The van der Waals surface area contributed by atoms with Gasteiger partial charge < -0.3 is 14.6 Å². The third-order valence-corrected chi connectivity index (χ3v) is 3.13. The number of hydrogen-bond acceptors (Lipinski definition) is 2. The molecule has 0 aliphatic carbocycles. The van der Waals surface area contributed by atoms with Crippen molar-refractivity contribution >= 4 is 16.8 Å². The van der Waals surface area contributed by atoms with Gasteiger partial charge in [-0.15, -0.1) is 6.58 Å². The lowest BCUT2D eigenvalue weighted by atomic mass is 10.1. The Kier molecular flexibility index (Phi) is 4.02. The SMILES string of the molecule is C=CCN(CCO)C(=O)c1cn(C)c2ccccc12. The second kappa shape index (κ2) is 5.71. The maximum absolute atomic E-state index is 12.5. The van der Waals surface area contributed by atoms with Crippen LogP contribution in [-0.4, -0.2) is 40.2 Å². The van der Waals surface area contributed by atoms with Crippen LogP contribution >= 0.6 is 0 Å². The van der Waals surface area contributed by atoms with Gasteiger partial charge in [-0.1, -0.05) is 24.3 Å². The second-order valence-electron chi connectivity index (χ2n) is 4.43. The van der Waals surface area contributed by atoms with E-state index in [1.807, 2.05) is 42.1 Å². The summed E-state index contributed by atoms with van der Waals surface area (Å²) in [6.45, 7) is 4.34. The number of fused-ring (bicyclic) bond motifs is 1. The molecule has 0 fully saturated rings. The van der Waals surface area contributed by atoms with Gasteiger partial charge in [0.15, 0.2) is 0 Å². The Morgan fingerprint density at radius 1 is 1.47 bits per heavy atom. The fraction of sp³-hybridized carbons (Fsp3) is 0.267. The van der Waals surface area contributed by atoms with Crippen LogP contribution in [0.5, 0.6) is 0 Å². The van der Waals surface area contributed by atoms with E-state index in [0.717, 1.165) is 10.9 Å². The first-order valence-electron chi connectivity index (χ1n) is 6.24. The lowest BCUT2D eigenvalue weighted by molar-refractivity contribution is 0.0744. The van der Waals surface area contributed by atoms with Crippen molar-refractivity contribution in [2.24, 2.45) is 7.05 Å². The highest BCUT2D eigenvalue weighted by atomic mass is 16.3. The van der Waals surface area contributed by atoms with Crippen LogP contribution in [0.2, 0.25) is 0 Å². The van der Waals surface area contributed by atoms with Crippen LogP contribution in [0.15, 0.2) is 43.1 Å². The number of hydrogen-bond donors (Lipinski definition) is 1. The molecule has 1 heterocycles. The van der Waals surface area contributed by atoms with Gasteiger partial charge in [-0.05, 0) is 6.07 Å². The maximum Gasteiger partial charge on any atom is 0.256 e. The Labute approximate surface area is 112 Å². The van der Waals surface area contributed by atoms with Crippen molar-refractivity contribution < 1.29 is 9.90 Å². The highest BCUT2D eigenvalue weighted by molar-refractivity contribution is 6.07. The summed E-state index contributed by atoms with van der Waals surface area (Å²) in [6, 6.07) is 7.79. The molecule has 0 aliphatic rings. The van der Waals surface area contributed by atoms with Crippen molar-refractivity contribution in [3.8, 4) is 0 Å². The summed E-state index contributed by atoms with van der Waals surface area (Å²) in [5, 5.41) is 9.98. The van der Waals surface area contributed by atoms with Gasteiger partial charge in [0.1, 0.15) is 0 Å². The monoisotopic (exact) mass is 258 g/mol. The Morgan fingerprint density at radius 2 is 2.21 bits per heavy atom. The molecule has 0 aliphatic heterocycles. The van der Waals surface area contributed by atoms with E-state index in [9.17, 15) is 4.79 Å². The number of aryl methyl sites for hydroxylation is 1. The molecule has 2 aromatic rings. The molecule has 0 saturated carbocycles. The quantitative estimate of drug-likeness (QED) is 0.831. The molecule has 0 radical (unpaired) electrons. The smallest absolute Gasteiger partial charge is 0.256 e. The molecule has 0 bridgehead atoms. The Bertz CT molecular complexity index is 601.